The summed E-state index contributed by atoms with van der Waals surface area (Å²) in [7, 11) is 0. The van der Waals surface area contributed by atoms with Crippen LogP contribution >= 0.6 is 0 Å². The van der Waals surface area contributed by atoms with E-state index in [-0.39, 0.29) is 5.97 Å². The second-order valence-corrected chi connectivity index (χ2v) is 11.9. The zero-order valence-electron chi connectivity index (χ0n) is 24.2. The first-order valence-corrected chi connectivity index (χ1v) is 14.8. The van der Waals surface area contributed by atoms with Crippen LogP contribution in [0.25, 0.3) is 0 Å². The molecule has 1 spiro atoms. The molecule has 0 radical (unpaired) electrons. The molecule has 41 heavy (non-hydrogen) atoms. The second kappa shape index (κ2) is 9.41. The Hall–Kier alpha value is -4.25. The summed E-state index contributed by atoms with van der Waals surface area (Å²) in [4.78, 5) is 15.9. The summed E-state index contributed by atoms with van der Waals surface area (Å²) in [5.74, 6) is 1.13. The minimum absolute atomic E-state index is 0.314. The van der Waals surface area contributed by atoms with Gasteiger partial charge in [-0.05, 0) is 86.6 Å². The summed E-state index contributed by atoms with van der Waals surface area (Å²) in [6.07, 6.45) is 3.54. The van der Waals surface area contributed by atoms with Crippen molar-refractivity contribution in [3.63, 3.8) is 0 Å². The quantitative estimate of drug-likeness (QED) is 0.255. The maximum atomic E-state index is 13.4. The van der Waals surface area contributed by atoms with Gasteiger partial charge in [-0.2, -0.15) is 0 Å². The number of benzene rings is 4. The number of rotatable bonds is 5. The molecule has 208 valence electrons. The molecule has 0 aliphatic carbocycles. The van der Waals surface area contributed by atoms with Gasteiger partial charge in [-0.15, -0.1) is 0 Å². The van der Waals surface area contributed by atoms with Crippen LogP contribution in [0.4, 0.5) is 17.1 Å². The fourth-order valence-electron chi connectivity index (χ4n) is 7.23. The van der Waals surface area contributed by atoms with Gasteiger partial charge in [-0.25, -0.2) is 4.79 Å². The van der Waals surface area contributed by atoms with E-state index in [2.05, 4.69) is 68.2 Å². The SMILES string of the molecule is CCC1(CC)CC(C)N(c2ccc3c(c2)Oc2cc(C)c(Nc4ccccc4)cc2C32OC(=O)c3ccccc32)C1. The number of hydrogen-bond acceptors (Lipinski definition) is 5. The molecule has 4 aromatic rings. The molecule has 1 N–H and O–H groups in total. The topological polar surface area (TPSA) is 50.8 Å². The maximum Gasteiger partial charge on any atom is 0.340 e. The third-order valence-corrected chi connectivity index (χ3v) is 9.69. The molecule has 0 bridgehead atoms. The molecule has 5 heteroatoms. The van der Waals surface area contributed by atoms with Crippen LogP contribution in [0.5, 0.6) is 11.5 Å². The van der Waals surface area contributed by atoms with Gasteiger partial charge in [0.2, 0.25) is 0 Å². The lowest BCUT2D eigenvalue weighted by atomic mass is 9.77. The molecule has 1 saturated heterocycles. The Bertz CT molecular complexity index is 1660. The molecule has 0 amide bonds. The van der Waals surface area contributed by atoms with Gasteiger partial charge in [0.25, 0.3) is 0 Å². The average Bonchev–Trinajstić information content (AvgIpc) is 3.49. The smallest absolute Gasteiger partial charge is 0.340 e. The molecule has 1 fully saturated rings. The van der Waals surface area contributed by atoms with E-state index in [1.165, 1.54) is 19.3 Å². The highest BCUT2D eigenvalue weighted by atomic mass is 16.6. The minimum atomic E-state index is -1.09. The molecular formula is C36H36N2O3. The zero-order valence-corrected chi connectivity index (χ0v) is 24.2. The molecule has 3 heterocycles. The Balaban J connectivity index is 1.39. The molecule has 7 rings (SSSR count). The summed E-state index contributed by atoms with van der Waals surface area (Å²) in [6, 6.07) is 28.9. The van der Waals surface area contributed by atoms with Crippen molar-refractivity contribution in [2.75, 3.05) is 16.8 Å². The van der Waals surface area contributed by atoms with E-state index in [0.29, 0.717) is 22.8 Å². The Morgan fingerprint density at radius 3 is 2.37 bits per heavy atom. The van der Waals surface area contributed by atoms with Crippen LogP contribution in [0.2, 0.25) is 0 Å². The fourth-order valence-corrected chi connectivity index (χ4v) is 7.23. The molecular weight excluding hydrogens is 508 g/mol. The van der Waals surface area contributed by atoms with Gasteiger partial charge in [-0.3, -0.25) is 0 Å². The van der Waals surface area contributed by atoms with E-state index in [0.717, 1.165) is 51.6 Å². The minimum Gasteiger partial charge on any atom is -0.456 e. The van der Waals surface area contributed by atoms with E-state index in [1.54, 1.807) is 0 Å². The van der Waals surface area contributed by atoms with Crippen molar-refractivity contribution < 1.29 is 14.3 Å². The predicted octanol–water partition coefficient (Wildman–Crippen LogP) is 8.71. The van der Waals surface area contributed by atoms with Crippen molar-refractivity contribution in [1.82, 2.24) is 0 Å². The van der Waals surface area contributed by atoms with E-state index in [9.17, 15) is 4.79 Å². The standard InChI is InChI=1S/C36H36N2O3/c1-5-35(6-2)21-24(4)38(22-35)26-16-17-29-33(19-26)40-32-18-23(3)31(37-25-12-8-7-9-13-25)20-30(32)36(29)28-15-11-10-14-27(28)34(39)41-36/h7-20,24,37H,5-6,21-22H2,1-4H3. The van der Waals surface area contributed by atoms with E-state index >= 15 is 0 Å². The number of ether oxygens (including phenoxy) is 2. The lowest BCUT2D eigenvalue weighted by molar-refractivity contribution is 0.0224. The first kappa shape index (κ1) is 25.7. The van der Waals surface area contributed by atoms with Crippen molar-refractivity contribution >= 4 is 23.0 Å². The fraction of sp³-hybridized carbons (Fsp3) is 0.306. The Kier molecular flexibility index (Phi) is 5.90. The monoisotopic (exact) mass is 544 g/mol. The van der Waals surface area contributed by atoms with Crippen molar-refractivity contribution in [2.45, 2.75) is 58.6 Å². The van der Waals surface area contributed by atoms with Gasteiger partial charge in [0, 0.05) is 52.4 Å². The number of nitrogens with zero attached hydrogens (tertiary/aromatic N) is 1. The number of hydrogen-bond donors (Lipinski definition) is 1. The molecule has 2 unspecified atom stereocenters. The van der Waals surface area contributed by atoms with Crippen LogP contribution in [-0.2, 0) is 10.3 Å². The second-order valence-electron chi connectivity index (χ2n) is 11.9. The molecule has 4 aromatic carbocycles. The largest absolute Gasteiger partial charge is 0.456 e. The number of anilines is 3. The normalized spacial score (nSPS) is 21.6. The third-order valence-electron chi connectivity index (χ3n) is 9.69. The zero-order chi connectivity index (χ0) is 28.4. The molecule has 3 aliphatic rings. The Labute approximate surface area is 242 Å². The van der Waals surface area contributed by atoms with Crippen LogP contribution in [0, 0.1) is 12.3 Å². The number of esters is 1. The molecule has 3 aliphatic heterocycles. The van der Waals surface area contributed by atoms with Crippen molar-refractivity contribution in [2.24, 2.45) is 5.41 Å². The average molecular weight is 545 g/mol. The van der Waals surface area contributed by atoms with Crippen LogP contribution in [0.3, 0.4) is 0 Å². The van der Waals surface area contributed by atoms with Gasteiger partial charge >= 0.3 is 5.97 Å². The van der Waals surface area contributed by atoms with Crippen molar-refractivity contribution in [1.29, 1.82) is 0 Å². The third kappa shape index (κ3) is 3.86. The summed E-state index contributed by atoms with van der Waals surface area (Å²) >= 11 is 0. The highest BCUT2D eigenvalue weighted by Gasteiger charge is 2.54. The van der Waals surface area contributed by atoms with Crippen LogP contribution < -0.4 is 15.0 Å². The van der Waals surface area contributed by atoms with Crippen molar-refractivity contribution in [3.05, 3.63) is 113 Å². The summed E-state index contributed by atoms with van der Waals surface area (Å²) in [5, 5.41) is 3.55. The van der Waals surface area contributed by atoms with E-state index < -0.39 is 5.60 Å². The number of carbonyl (C=O) groups is 1. The highest BCUT2D eigenvalue weighted by Crippen LogP contribution is 2.58. The Morgan fingerprint density at radius 2 is 1.61 bits per heavy atom. The number of para-hydroxylation sites is 1. The van der Waals surface area contributed by atoms with Gasteiger partial charge in [0.1, 0.15) is 11.5 Å². The number of nitrogens with one attached hydrogen (secondary N) is 1. The molecule has 0 aromatic heterocycles. The van der Waals surface area contributed by atoms with Gasteiger partial charge in [0.05, 0.1) is 5.56 Å². The van der Waals surface area contributed by atoms with Gasteiger partial charge < -0.3 is 19.7 Å². The van der Waals surface area contributed by atoms with Gasteiger partial charge in [-0.1, -0.05) is 50.2 Å². The number of aryl methyl sites for hydroxylation is 1. The first-order valence-electron chi connectivity index (χ1n) is 14.8. The lowest BCUT2D eigenvalue weighted by Gasteiger charge is -2.38. The molecule has 0 saturated carbocycles. The molecule has 2 atom stereocenters. The number of fused-ring (bicyclic) bond motifs is 6. The molecule has 5 nitrogen and oxygen atoms in total. The van der Waals surface area contributed by atoms with Crippen LogP contribution in [-0.4, -0.2) is 18.6 Å². The number of carbonyl (C=O) groups excluding carboxylic acids is 1. The summed E-state index contributed by atoms with van der Waals surface area (Å²) in [6.45, 7) is 10.1. The summed E-state index contributed by atoms with van der Waals surface area (Å²) in [5.41, 5.74) is 6.49. The maximum absolute atomic E-state index is 13.4. The first-order chi connectivity index (χ1) is 19.9. The Morgan fingerprint density at radius 1 is 0.878 bits per heavy atom. The van der Waals surface area contributed by atoms with E-state index in [4.69, 9.17) is 9.47 Å². The lowest BCUT2D eigenvalue weighted by Crippen LogP contribution is -2.34. The van der Waals surface area contributed by atoms with Crippen LogP contribution in [0.1, 0.15) is 72.6 Å². The van der Waals surface area contributed by atoms with Gasteiger partial charge in [0.15, 0.2) is 5.60 Å². The van der Waals surface area contributed by atoms with Crippen LogP contribution in [0.15, 0.2) is 84.9 Å². The van der Waals surface area contributed by atoms with Crippen molar-refractivity contribution in [3.8, 4) is 11.5 Å². The summed E-state index contributed by atoms with van der Waals surface area (Å²) < 4.78 is 13.1. The van der Waals surface area contributed by atoms with E-state index in [1.807, 2.05) is 54.6 Å². The predicted molar refractivity (Wildman–Crippen MR) is 164 cm³/mol. The highest BCUT2D eigenvalue weighted by molar-refractivity contribution is 5.97.